The van der Waals surface area contributed by atoms with Gasteiger partial charge in [0.2, 0.25) is 31.3 Å². The fourth-order valence-electron chi connectivity index (χ4n) is 4.78. The molecule has 19 heteroatoms. The van der Waals surface area contributed by atoms with Crippen LogP contribution in [-0.2, 0) is 9.47 Å². The zero-order valence-corrected chi connectivity index (χ0v) is 30.1. The van der Waals surface area contributed by atoms with Gasteiger partial charge in [0, 0.05) is 21.9 Å². The van der Waals surface area contributed by atoms with Gasteiger partial charge in [0.15, 0.2) is 23.0 Å². The van der Waals surface area contributed by atoms with Crippen LogP contribution in [0.3, 0.4) is 0 Å². The number of hydrogen-bond acceptors (Lipinski definition) is 18. The zero-order valence-electron chi connectivity index (χ0n) is 27.7. The number of esters is 2. The highest BCUT2D eigenvalue weighted by atomic mass is 35.5. The number of rotatable bonds is 7. The van der Waals surface area contributed by atoms with Gasteiger partial charge in [-0.1, -0.05) is 11.6 Å². The van der Waals surface area contributed by atoms with Gasteiger partial charge in [0.05, 0.1) is 13.2 Å². The van der Waals surface area contributed by atoms with E-state index in [2.05, 4.69) is 19.9 Å². The summed E-state index contributed by atoms with van der Waals surface area (Å²) in [6.07, 6.45) is 0.780. The van der Waals surface area contributed by atoms with E-state index in [9.17, 15) is 19.2 Å². The number of carbonyl (C=O) groups excluding carboxylic acids is 4. The molecule has 4 N–H and O–H groups in total. The van der Waals surface area contributed by atoms with E-state index in [1.54, 1.807) is 62.4 Å². The lowest BCUT2D eigenvalue weighted by Gasteiger charge is -2.04. The highest BCUT2D eigenvalue weighted by Crippen LogP contribution is 2.35. The van der Waals surface area contributed by atoms with Gasteiger partial charge in [-0.25, -0.2) is 29.5 Å². The van der Waals surface area contributed by atoms with E-state index >= 15 is 0 Å². The maximum absolute atomic E-state index is 13.0. The molecule has 2 aliphatic rings. The Morgan fingerprint density at radius 2 is 1.26 bits per heavy atom. The summed E-state index contributed by atoms with van der Waals surface area (Å²) in [5.74, 6) is 1.26. The number of anilines is 2. The third-order valence-electron chi connectivity index (χ3n) is 7.11. The summed E-state index contributed by atoms with van der Waals surface area (Å²) < 4.78 is 30.6. The minimum Gasteiger partial charge on any atom is -0.462 e. The minimum atomic E-state index is -0.476. The van der Waals surface area contributed by atoms with E-state index in [1.807, 2.05) is 0 Å². The van der Waals surface area contributed by atoms with Crippen molar-refractivity contribution in [3.05, 3.63) is 80.3 Å². The molecule has 0 unspecified atom stereocenters. The molecule has 0 atom stereocenters. The molecule has 6 aromatic rings. The molecule has 0 spiro atoms. The van der Waals surface area contributed by atoms with Gasteiger partial charge in [0.25, 0.3) is 0 Å². The Balaban J connectivity index is 0.000000151. The Hall–Kier alpha value is -6.11. The average Bonchev–Trinajstić information content (AvgIpc) is 3.97. The smallest absolute Gasteiger partial charge is 0.348 e. The maximum Gasteiger partial charge on any atom is 0.348 e. The molecule has 0 aliphatic carbocycles. The fraction of sp³-hybridized carbons (Fsp3) is 0.176. The lowest BCUT2D eigenvalue weighted by atomic mass is 10.1. The number of nitrogens with zero attached hydrogens (tertiary/aromatic N) is 4. The Bertz CT molecular complexity index is 2380. The largest absolute Gasteiger partial charge is 0.462 e. The number of benzene rings is 2. The normalized spacial score (nSPS) is 12.0. The summed E-state index contributed by atoms with van der Waals surface area (Å²) in [6.45, 7) is 4.41. The highest BCUT2D eigenvalue weighted by molar-refractivity contribution is 7.20. The first-order valence-corrected chi connectivity index (χ1v) is 17.5. The molecule has 6 heterocycles. The summed E-state index contributed by atoms with van der Waals surface area (Å²) in [5, 5.41) is 1.31. The summed E-state index contributed by atoms with van der Waals surface area (Å²) in [6, 6.07) is 13.1. The van der Waals surface area contributed by atoms with Crippen LogP contribution in [0.4, 0.5) is 11.9 Å². The number of ketones is 1. The Morgan fingerprint density at radius 3 is 1.87 bits per heavy atom. The molecule has 272 valence electrons. The summed E-state index contributed by atoms with van der Waals surface area (Å²) in [4.78, 5) is 64.5. The molecular formula is C34H27ClN6O10S2. The third-order valence-corrected chi connectivity index (χ3v) is 9.42. The van der Waals surface area contributed by atoms with E-state index in [-0.39, 0.29) is 54.7 Å². The van der Waals surface area contributed by atoms with Crippen molar-refractivity contribution in [1.29, 1.82) is 0 Å². The van der Waals surface area contributed by atoms with Crippen molar-refractivity contribution < 1.29 is 47.6 Å². The van der Waals surface area contributed by atoms with Gasteiger partial charge in [-0.3, -0.25) is 9.59 Å². The van der Waals surface area contributed by atoms with Crippen molar-refractivity contribution in [3.63, 3.8) is 0 Å². The average molecular weight is 779 g/mol. The third kappa shape index (κ3) is 8.19. The summed E-state index contributed by atoms with van der Waals surface area (Å²) in [7, 11) is 0. The molecule has 53 heavy (non-hydrogen) atoms. The molecule has 2 aliphatic heterocycles. The van der Waals surface area contributed by atoms with E-state index in [1.165, 1.54) is 11.3 Å². The van der Waals surface area contributed by atoms with Crippen molar-refractivity contribution >= 4 is 90.6 Å². The van der Waals surface area contributed by atoms with Gasteiger partial charge >= 0.3 is 11.9 Å². The van der Waals surface area contributed by atoms with Gasteiger partial charge in [-0.05, 0) is 62.4 Å². The highest BCUT2D eigenvalue weighted by Gasteiger charge is 2.23. The van der Waals surface area contributed by atoms with Crippen LogP contribution in [0.15, 0.2) is 48.5 Å². The fourth-order valence-corrected chi connectivity index (χ4v) is 6.93. The van der Waals surface area contributed by atoms with Crippen molar-refractivity contribution in [1.82, 2.24) is 19.9 Å². The standard InChI is InChI=1S/C17H13N3O5S.C9H8ClN3O2S.C8H6O3/c1-2-23-16(22)12-6-9-13(19-17(18)20-15(9)26-12)14(21)8-3-4-10-11(5-8)25-7-24-10;1-2-15-8(14)5-3-4-6(10)12-9(11)13-7(4)16-5;9-4-6-1-2-7-8(3-6)11-5-10-7/h3-6H,2,7H2,1H3,(H2,18,19,20);3H,2H2,1H3,(H2,11,12,13);1-4H,5H2. The molecule has 0 saturated carbocycles. The van der Waals surface area contributed by atoms with Crippen molar-refractivity contribution in [2.24, 2.45) is 0 Å². The van der Waals surface area contributed by atoms with Crippen LogP contribution in [0.5, 0.6) is 23.0 Å². The number of carbonyl (C=O) groups is 4. The molecular weight excluding hydrogens is 752 g/mol. The molecule has 0 saturated heterocycles. The minimum absolute atomic E-state index is 0.0427. The molecule has 16 nitrogen and oxygen atoms in total. The number of thiophene rings is 2. The monoisotopic (exact) mass is 778 g/mol. The quantitative estimate of drug-likeness (QED) is 0.0852. The molecule has 0 amide bonds. The van der Waals surface area contributed by atoms with E-state index in [0.717, 1.165) is 17.6 Å². The summed E-state index contributed by atoms with van der Waals surface area (Å²) in [5.41, 5.74) is 12.3. The topological polar surface area (TPSA) is 227 Å². The Morgan fingerprint density at radius 1 is 0.736 bits per heavy atom. The lowest BCUT2D eigenvalue weighted by Crippen LogP contribution is -2.08. The van der Waals surface area contributed by atoms with Gasteiger partial charge in [-0.15, -0.1) is 22.7 Å². The maximum atomic E-state index is 13.0. The lowest BCUT2D eigenvalue weighted by molar-refractivity contribution is 0.0522. The van der Waals surface area contributed by atoms with E-state index < -0.39 is 5.97 Å². The number of aromatic nitrogens is 4. The van der Waals surface area contributed by atoms with Gasteiger partial charge in [-0.2, -0.15) is 0 Å². The molecule has 0 radical (unpaired) electrons. The first kappa shape index (κ1) is 36.7. The van der Waals surface area contributed by atoms with Crippen LogP contribution >= 0.6 is 34.3 Å². The van der Waals surface area contributed by atoms with Crippen LogP contribution in [-0.4, -0.2) is 70.7 Å². The SMILES string of the molecule is CCOC(=O)c1cc2c(C(=O)c3ccc4c(c3)OCO4)nc(N)nc2s1.CCOC(=O)c1cc2c(Cl)nc(N)nc2s1.O=Cc1ccc2c(c1)OCO2. The summed E-state index contributed by atoms with van der Waals surface area (Å²) >= 11 is 8.17. The number of hydrogen-bond donors (Lipinski definition) is 2. The van der Waals surface area contributed by atoms with Crippen molar-refractivity contribution in [3.8, 4) is 23.0 Å². The number of fused-ring (bicyclic) bond motifs is 4. The van der Waals surface area contributed by atoms with Crippen LogP contribution in [0, 0.1) is 0 Å². The second-order valence-corrected chi connectivity index (χ2v) is 12.9. The molecule has 0 bridgehead atoms. The Kier molecular flexibility index (Phi) is 11.1. The zero-order chi connectivity index (χ0) is 37.6. The van der Waals surface area contributed by atoms with Crippen LogP contribution in [0.1, 0.15) is 59.6 Å². The van der Waals surface area contributed by atoms with Crippen molar-refractivity contribution in [2.45, 2.75) is 13.8 Å². The number of halogens is 1. The van der Waals surface area contributed by atoms with Crippen LogP contribution < -0.4 is 30.4 Å². The molecule has 8 rings (SSSR count). The van der Waals surface area contributed by atoms with Crippen LogP contribution in [0.25, 0.3) is 20.4 Å². The number of aldehydes is 1. The first-order chi connectivity index (χ1) is 25.6. The predicted octanol–water partition coefficient (Wildman–Crippen LogP) is 5.74. The predicted molar refractivity (Wildman–Crippen MR) is 195 cm³/mol. The Labute approximate surface area is 312 Å². The second-order valence-electron chi connectivity index (χ2n) is 10.5. The van der Waals surface area contributed by atoms with Crippen LogP contribution in [0.2, 0.25) is 5.15 Å². The van der Waals surface area contributed by atoms with Gasteiger partial charge < -0.3 is 39.9 Å². The number of ether oxygens (including phenoxy) is 6. The second kappa shape index (κ2) is 16.1. The number of nitrogen functional groups attached to an aromatic ring is 2. The van der Waals surface area contributed by atoms with E-state index in [4.69, 9.17) is 51.5 Å². The van der Waals surface area contributed by atoms with Crippen molar-refractivity contribution in [2.75, 3.05) is 38.3 Å². The molecule has 4 aromatic heterocycles. The molecule has 0 fully saturated rings. The van der Waals surface area contributed by atoms with Gasteiger partial charge in [0.1, 0.15) is 36.5 Å². The van der Waals surface area contributed by atoms with E-state index in [0.29, 0.717) is 70.9 Å². The molecule has 2 aromatic carbocycles. The number of nitrogens with two attached hydrogens (primary N) is 2. The first-order valence-electron chi connectivity index (χ1n) is 15.5.